The van der Waals surface area contributed by atoms with Crippen LogP contribution in [-0.2, 0) is 17.4 Å². The molecule has 1 amide bonds. The highest BCUT2D eigenvalue weighted by molar-refractivity contribution is 6.30. The fourth-order valence-corrected chi connectivity index (χ4v) is 4.15. The van der Waals surface area contributed by atoms with Gasteiger partial charge in [0.15, 0.2) is 0 Å². The molecular weight excluding hydrogens is 419 g/mol. The van der Waals surface area contributed by atoms with Crippen LogP contribution in [0.4, 0.5) is 13.2 Å². The van der Waals surface area contributed by atoms with Crippen LogP contribution in [0.2, 0.25) is 5.02 Å². The Morgan fingerprint density at radius 3 is 2.40 bits per heavy atom. The number of imidazole rings is 1. The topological polar surface area (TPSA) is 58.1 Å². The van der Waals surface area contributed by atoms with Gasteiger partial charge in [0.2, 0.25) is 5.91 Å². The molecule has 0 radical (unpaired) electrons. The van der Waals surface area contributed by atoms with Crippen LogP contribution in [0.3, 0.4) is 0 Å². The lowest BCUT2D eigenvalue weighted by atomic mass is 10.0. The number of alkyl halides is 3. The van der Waals surface area contributed by atoms with Gasteiger partial charge in [-0.15, -0.1) is 0 Å². The molecule has 158 valence electrons. The van der Waals surface area contributed by atoms with E-state index >= 15 is 0 Å². The van der Waals surface area contributed by atoms with Gasteiger partial charge in [0.25, 0.3) is 0 Å². The second-order valence-corrected chi connectivity index (χ2v) is 7.85. The molecule has 0 saturated carbocycles. The number of hydrogen-bond acceptors (Lipinski definition) is 2. The van der Waals surface area contributed by atoms with Crippen LogP contribution in [-0.4, -0.2) is 33.4 Å². The molecule has 1 aliphatic heterocycles. The minimum Gasteiger partial charge on any atom is -0.342 e. The normalized spacial score (nSPS) is 15.7. The van der Waals surface area contributed by atoms with Crippen LogP contribution in [0, 0.1) is 0 Å². The molecule has 0 atom stereocenters. The molecule has 0 bridgehead atoms. The highest BCUT2D eigenvalue weighted by Crippen LogP contribution is 2.36. The van der Waals surface area contributed by atoms with Crippen molar-refractivity contribution >= 4 is 28.5 Å². The molecular formula is C21H19ClF3N3O2. The van der Waals surface area contributed by atoms with Gasteiger partial charge < -0.3 is 9.88 Å². The Hall–Kier alpha value is -2.74. The largest absolute Gasteiger partial charge is 0.418 e. The summed E-state index contributed by atoms with van der Waals surface area (Å²) in [7, 11) is 0. The van der Waals surface area contributed by atoms with Crippen LogP contribution in [0.1, 0.15) is 30.0 Å². The summed E-state index contributed by atoms with van der Waals surface area (Å²) in [5, 5.41) is 0.592. The highest BCUT2D eigenvalue weighted by Gasteiger charge is 2.36. The third kappa shape index (κ3) is 3.96. The second-order valence-electron chi connectivity index (χ2n) is 7.41. The van der Waals surface area contributed by atoms with Gasteiger partial charge >= 0.3 is 11.9 Å². The van der Waals surface area contributed by atoms with Gasteiger partial charge in [-0.05, 0) is 42.7 Å². The van der Waals surface area contributed by atoms with Gasteiger partial charge in [-0.3, -0.25) is 9.36 Å². The molecule has 1 fully saturated rings. The molecule has 1 N–H and O–H groups in total. The van der Waals surface area contributed by atoms with Crippen molar-refractivity contribution in [2.24, 2.45) is 0 Å². The Balaban J connectivity index is 1.52. The fraction of sp³-hybridized carbons (Fsp3) is 0.333. The number of H-pyrrole nitrogens is 1. The summed E-state index contributed by atoms with van der Waals surface area (Å²) in [6, 6.07) is 10.3. The number of aromatic amines is 1. The molecule has 1 aromatic heterocycles. The Morgan fingerprint density at radius 1 is 1.10 bits per heavy atom. The molecule has 0 spiro atoms. The zero-order valence-corrected chi connectivity index (χ0v) is 16.6. The minimum atomic E-state index is -4.56. The van der Waals surface area contributed by atoms with E-state index in [9.17, 15) is 22.8 Å². The van der Waals surface area contributed by atoms with Crippen molar-refractivity contribution in [2.45, 2.75) is 31.5 Å². The lowest BCUT2D eigenvalue weighted by Gasteiger charge is -2.33. The SMILES string of the molecule is O=C(Cc1ccc(Cl)cc1)N1CCC(n2c(=O)[nH]c3cccc(C(F)(F)F)c32)CC1. The second kappa shape index (κ2) is 7.83. The third-order valence-electron chi connectivity index (χ3n) is 5.49. The zero-order valence-electron chi connectivity index (χ0n) is 15.9. The Kier molecular flexibility index (Phi) is 5.36. The quantitative estimate of drug-likeness (QED) is 0.660. The van der Waals surface area contributed by atoms with Crippen molar-refractivity contribution in [3.05, 3.63) is 69.1 Å². The number of fused-ring (bicyclic) bond motifs is 1. The van der Waals surface area contributed by atoms with Crippen LogP contribution in [0.25, 0.3) is 11.0 Å². The number of piperidine rings is 1. The third-order valence-corrected chi connectivity index (χ3v) is 5.75. The lowest BCUT2D eigenvalue weighted by Crippen LogP contribution is -2.41. The zero-order chi connectivity index (χ0) is 21.5. The molecule has 4 rings (SSSR count). The van der Waals surface area contributed by atoms with Crippen molar-refractivity contribution in [1.82, 2.24) is 14.5 Å². The number of amides is 1. The van der Waals surface area contributed by atoms with E-state index in [0.717, 1.165) is 11.6 Å². The van der Waals surface area contributed by atoms with Crippen LogP contribution in [0.15, 0.2) is 47.3 Å². The number of aromatic nitrogens is 2. The first-order valence-electron chi connectivity index (χ1n) is 9.56. The first-order valence-corrected chi connectivity index (χ1v) is 9.94. The van der Waals surface area contributed by atoms with Crippen molar-refractivity contribution in [2.75, 3.05) is 13.1 Å². The molecule has 5 nitrogen and oxygen atoms in total. The molecule has 9 heteroatoms. The summed E-state index contributed by atoms with van der Waals surface area (Å²) in [5.74, 6) is -0.0574. The van der Waals surface area contributed by atoms with Crippen LogP contribution >= 0.6 is 11.6 Å². The van der Waals surface area contributed by atoms with Gasteiger partial charge in [-0.25, -0.2) is 4.79 Å². The number of hydrogen-bond donors (Lipinski definition) is 1. The average molecular weight is 438 g/mol. The van der Waals surface area contributed by atoms with Crippen molar-refractivity contribution in [3.8, 4) is 0 Å². The Labute approximate surface area is 175 Å². The Morgan fingerprint density at radius 2 is 1.77 bits per heavy atom. The smallest absolute Gasteiger partial charge is 0.342 e. The maximum absolute atomic E-state index is 13.5. The Bertz CT molecular complexity index is 1130. The first-order chi connectivity index (χ1) is 14.2. The minimum absolute atomic E-state index is 0.0574. The van der Waals surface area contributed by atoms with Gasteiger partial charge in [-0.1, -0.05) is 29.8 Å². The standard InChI is InChI=1S/C21H19ClF3N3O2/c22-14-6-4-13(5-7-14)12-18(29)27-10-8-15(9-11-27)28-19-16(21(23,24)25)2-1-3-17(19)26-20(28)30/h1-7,15H,8-12H2,(H,26,30). The molecule has 2 aromatic carbocycles. The lowest BCUT2D eigenvalue weighted by molar-refractivity contribution is -0.136. The van der Waals surface area contributed by atoms with E-state index in [0.29, 0.717) is 31.0 Å². The van der Waals surface area contributed by atoms with Crippen LogP contribution in [0.5, 0.6) is 0 Å². The maximum atomic E-state index is 13.5. The number of carbonyl (C=O) groups excluding carboxylic acids is 1. The number of halogens is 4. The number of likely N-dealkylation sites (tertiary alicyclic amines) is 1. The van der Waals surface area contributed by atoms with E-state index in [4.69, 9.17) is 11.6 Å². The molecule has 1 aliphatic rings. The summed E-state index contributed by atoms with van der Waals surface area (Å²) < 4.78 is 41.7. The number of carbonyl (C=O) groups is 1. The van der Waals surface area contributed by atoms with Gasteiger partial charge in [0.1, 0.15) is 0 Å². The summed E-state index contributed by atoms with van der Waals surface area (Å²) in [6.45, 7) is 0.759. The monoisotopic (exact) mass is 437 g/mol. The van der Waals surface area contributed by atoms with E-state index in [-0.39, 0.29) is 23.4 Å². The molecule has 3 aromatic rings. The number of para-hydroxylation sites is 1. The maximum Gasteiger partial charge on any atom is 0.418 e. The average Bonchev–Trinajstić information content (AvgIpc) is 3.04. The molecule has 0 aliphatic carbocycles. The number of benzene rings is 2. The summed E-state index contributed by atoms with van der Waals surface area (Å²) in [6.07, 6.45) is -3.52. The predicted octanol–water partition coefficient (Wildman–Crippen LogP) is 4.41. The van der Waals surface area contributed by atoms with Crippen molar-refractivity contribution < 1.29 is 18.0 Å². The van der Waals surface area contributed by atoms with Gasteiger partial charge in [0.05, 0.1) is 23.0 Å². The summed E-state index contributed by atoms with van der Waals surface area (Å²) in [4.78, 5) is 29.2. The van der Waals surface area contributed by atoms with Gasteiger partial charge in [0, 0.05) is 24.2 Å². The molecule has 30 heavy (non-hydrogen) atoms. The molecule has 2 heterocycles. The van der Waals surface area contributed by atoms with Crippen LogP contribution < -0.4 is 5.69 Å². The first kappa shape index (κ1) is 20.5. The van der Waals surface area contributed by atoms with Gasteiger partial charge in [-0.2, -0.15) is 13.2 Å². The van der Waals surface area contributed by atoms with E-state index in [1.165, 1.54) is 16.7 Å². The van der Waals surface area contributed by atoms with Crippen molar-refractivity contribution in [3.63, 3.8) is 0 Å². The van der Waals surface area contributed by atoms with E-state index in [2.05, 4.69) is 4.98 Å². The fourth-order valence-electron chi connectivity index (χ4n) is 4.02. The van der Waals surface area contributed by atoms with E-state index in [1.54, 1.807) is 29.2 Å². The van der Waals surface area contributed by atoms with Crippen molar-refractivity contribution in [1.29, 1.82) is 0 Å². The summed E-state index contributed by atoms with van der Waals surface area (Å²) in [5.41, 5.74) is -0.515. The highest BCUT2D eigenvalue weighted by atomic mass is 35.5. The molecule has 1 saturated heterocycles. The molecule has 0 unspecified atom stereocenters. The number of nitrogens with zero attached hydrogens (tertiary/aromatic N) is 2. The predicted molar refractivity (Wildman–Crippen MR) is 108 cm³/mol. The number of rotatable bonds is 3. The van der Waals surface area contributed by atoms with E-state index in [1.807, 2.05) is 0 Å². The summed E-state index contributed by atoms with van der Waals surface area (Å²) >= 11 is 5.86. The van der Waals surface area contributed by atoms with E-state index < -0.39 is 23.5 Å². The number of nitrogens with one attached hydrogen (secondary N) is 1.